The first-order chi connectivity index (χ1) is 14.9. The minimum Gasteiger partial charge on any atom is -0.272 e. The van der Waals surface area contributed by atoms with Crippen molar-refractivity contribution in [1.82, 2.24) is 15.6 Å². The second-order valence-electron chi connectivity index (χ2n) is 5.76. The molecule has 31 heavy (non-hydrogen) atoms. The van der Waals surface area contributed by atoms with Gasteiger partial charge in [-0.25, -0.2) is 5.43 Å². The maximum Gasteiger partial charge on any atom is 0.288 e. The van der Waals surface area contributed by atoms with E-state index < -0.39 is 4.92 Å². The number of hydrogen-bond donors (Lipinski definition) is 1. The average molecular weight is 514 g/mol. The molecular formula is C18H13Cl2N5O3S3. The van der Waals surface area contributed by atoms with E-state index >= 15 is 0 Å². The Labute approximate surface area is 199 Å². The van der Waals surface area contributed by atoms with Crippen LogP contribution in [0.5, 0.6) is 0 Å². The normalized spacial score (nSPS) is 11.0. The van der Waals surface area contributed by atoms with Crippen LogP contribution in [0, 0.1) is 10.1 Å². The van der Waals surface area contributed by atoms with Gasteiger partial charge >= 0.3 is 0 Å². The highest BCUT2D eigenvalue weighted by Gasteiger charge is 2.12. The van der Waals surface area contributed by atoms with Gasteiger partial charge in [-0.1, -0.05) is 82.3 Å². The molecule has 0 aliphatic carbocycles. The first kappa shape index (κ1) is 23.5. The predicted octanol–water partition coefficient (Wildman–Crippen LogP) is 5.29. The van der Waals surface area contributed by atoms with Crippen LogP contribution in [0.3, 0.4) is 0 Å². The van der Waals surface area contributed by atoms with Gasteiger partial charge in [0.1, 0.15) is 5.02 Å². The van der Waals surface area contributed by atoms with E-state index in [1.807, 2.05) is 24.3 Å². The zero-order valence-electron chi connectivity index (χ0n) is 15.5. The molecule has 0 radical (unpaired) electrons. The zero-order valence-corrected chi connectivity index (χ0v) is 19.5. The third kappa shape index (κ3) is 7.18. The maximum atomic E-state index is 12.0. The predicted molar refractivity (Wildman–Crippen MR) is 125 cm³/mol. The molecule has 0 saturated carbocycles. The van der Waals surface area contributed by atoms with E-state index in [0.29, 0.717) is 20.7 Å². The number of amides is 1. The summed E-state index contributed by atoms with van der Waals surface area (Å²) in [5, 5.41) is 23.6. The number of hydrazone groups is 1. The number of nitrogens with one attached hydrogen (secondary N) is 1. The lowest BCUT2D eigenvalue weighted by molar-refractivity contribution is -0.384. The largest absolute Gasteiger partial charge is 0.288 e. The monoisotopic (exact) mass is 513 g/mol. The third-order valence-electron chi connectivity index (χ3n) is 3.59. The van der Waals surface area contributed by atoms with Crippen molar-refractivity contribution in [1.29, 1.82) is 0 Å². The van der Waals surface area contributed by atoms with Crippen LogP contribution in [0.4, 0.5) is 5.69 Å². The number of aromatic nitrogens is 2. The number of hydrogen-bond acceptors (Lipinski definition) is 9. The van der Waals surface area contributed by atoms with Crippen LogP contribution in [0.15, 0.2) is 56.2 Å². The second kappa shape index (κ2) is 11.4. The maximum absolute atomic E-state index is 12.0. The van der Waals surface area contributed by atoms with E-state index in [4.69, 9.17) is 23.2 Å². The molecule has 1 heterocycles. The van der Waals surface area contributed by atoms with E-state index in [9.17, 15) is 14.9 Å². The molecule has 0 bridgehead atoms. The van der Waals surface area contributed by atoms with Crippen molar-refractivity contribution >= 4 is 75.9 Å². The second-order valence-corrected chi connectivity index (χ2v) is 10.0. The molecule has 0 unspecified atom stereocenters. The molecule has 1 aromatic heterocycles. The summed E-state index contributed by atoms with van der Waals surface area (Å²) in [6.07, 6.45) is 1.31. The number of carbonyl (C=O) groups is 1. The number of nitro benzene ring substituents is 1. The van der Waals surface area contributed by atoms with Crippen LogP contribution in [-0.2, 0) is 10.5 Å². The molecule has 0 spiro atoms. The van der Waals surface area contributed by atoms with E-state index in [1.165, 1.54) is 53.2 Å². The molecule has 3 aromatic rings. The Balaban J connectivity index is 1.45. The molecule has 3 rings (SSSR count). The van der Waals surface area contributed by atoms with Crippen molar-refractivity contribution in [3.63, 3.8) is 0 Å². The summed E-state index contributed by atoms with van der Waals surface area (Å²) in [6, 6.07) is 11.8. The van der Waals surface area contributed by atoms with Gasteiger partial charge < -0.3 is 0 Å². The van der Waals surface area contributed by atoms with Crippen LogP contribution in [0.1, 0.15) is 11.1 Å². The van der Waals surface area contributed by atoms with Crippen LogP contribution in [0.25, 0.3) is 0 Å². The minimum absolute atomic E-state index is 0.0315. The van der Waals surface area contributed by atoms with Gasteiger partial charge in [0.05, 0.1) is 16.9 Å². The fourth-order valence-electron chi connectivity index (χ4n) is 2.16. The van der Waals surface area contributed by atoms with Crippen molar-refractivity contribution < 1.29 is 9.72 Å². The molecule has 0 saturated heterocycles. The highest BCUT2D eigenvalue weighted by Crippen LogP contribution is 2.32. The van der Waals surface area contributed by atoms with E-state index in [0.717, 1.165) is 9.90 Å². The van der Waals surface area contributed by atoms with Crippen molar-refractivity contribution in [2.45, 2.75) is 14.4 Å². The van der Waals surface area contributed by atoms with E-state index in [1.54, 1.807) is 6.07 Å². The molecule has 0 atom stereocenters. The first-order valence-corrected chi connectivity index (χ1v) is 12.0. The number of carbonyl (C=O) groups excluding carboxylic acids is 1. The van der Waals surface area contributed by atoms with Crippen LogP contribution in [-0.4, -0.2) is 33.0 Å². The number of nitrogens with zero attached hydrogens (tertiary/aromatic N) is 4. The average Bonchev–Trinajstić information content (AvgIpc) is 3.20. The summed E-state index contributed by atoms with van der Waals surface area (Å²) in [5.41, 5.74) is 3.59. The Morgan fingerprint density at radius 3 is 2.65 bits per heavy atom. The van der Waals surface area contributed by atoms with Gasteiger partial charge in [-0.3, -0.25) is 14.9 Å². The lowest BCUT2D eigenvalue weighted by Crippen LogP contribution is -2.19. The molecule has 2 aromatic carbocycles. The SMILES string of the molecule is O=C(CSc1nnc(SCc2ccccc2Cl)s1)N/N=C\c1ccc(Cl)c([N+](=O)[O-])c1. The van der Waals surface area contributed by atoms with Crippen molar-refractivity contribution in [2.75, 3.05) is 5.75 Å². The highest BCUT2D eigenvalue weighted by molar-refractivity contribution is 8.03. The fraction of sp³-hybridized carbons (Fsp3) is 0.111. The van der Waals surface area contributed by atoms with Gasteiger partial charge in [-0.05, 0) is 17.7 Å². The first-order valence-electron chi connectivity index (χ1n) is 8.50. The summed E-state index contributed by atoms with van der Waals surface area (Å²) in [6.45, 7) is 0. The molecule has 1 N–H and O–H groups in total. The summed E-state index contributed by atoms with van der Waals surface area (Å²) in [7, 11) is 0. The van der Waals surface area contributed by atoms with Gasteiger partial charge in [0, 0.05) is 22.4 Å². The number of benzene rings is 2. The highest BCUT2D eigenvalue weighted by atomic mass is 35.5. The smallest absolute Gasteiger partial charge is 0.272 e. The van der Waals surface area contributed by atoms with Gasteiger partial charge in [-0.15, -0.1) is 10.2 Å². The van der Waals surface area contributed by atoms with Crippen LogP contribution >= 0.6 is 58.1 Å². The Morgan fingerprint density at radius 2 is 1.90 bits per heavy atom. The third-order valence-corrected chi connectivity index (χ3v) is 7.52. The molecule has 13 heteroatoms. The summed E-state index contributed by atoms with van der Waals surface area (Å²) in [5.74, 6) is 0.434. The number of rotatable bonds is 9. The summed E-state index contributed by atoms with van der Waals surface area (Å²) in [4.78, 5) is 22.3. The molecule has 0 fully saturated rings. The summed E-state index contributed by atoms with van der Waals surface area (Å²) >= 11 is 16.1. The zero-order chi connectivity index (χ0) is 22.2. The van der Waals surface area contributed by atoms with Gasteiger partial charge in [0.25, 0.3) is 11.6 Å². The number of thioether (sulfide) groups is 2. The van der Waals surface area contributed by atoms with E-state index in [-0.39, 0.29) is 22.4 Å². The fourth-order valence-corrected chi connectivity index (χ4v) is 5.44. The standard InChI is InChI=1S/C18H13Cl2N5O3S3/c19-13-4-2-1-3-12(13)9-29-17-23-24-18(31-17)30-10-16(26)22-21-8-11-5-6-14(20)15(7-11)25(27)28/h1-8H,9-10H2,(H,22,26)/b21-8-. The van der Waals surface area contributed by atoms with E-state index in [2.05, 4.69) is 20.7 Å². The number of halogens is 2. The Morgan fingerprint density at radius 1 is 1.16 bits per heavy atom. The van der Waals surface area contributed by atoms with Crippen molar-refractivity contribution in [3.05, 3.63) is 73.8 Å². The van der Waals surface area contributed by atoms with Gasteiger partial charge in [0.15, 0.2) is 8.68 Å². The lowest BCUT2D eigenvalue weighted by Gasteiger charge is -2.00. The topological polar surface area (TPSA) is 110 Å². The summed E-state index contributed by atoms with van der Waals surface area (Å²) < 4.78 is 1.44. The van der Waals surface area contributed by atoms with Gasteiger partial charge in [0.2, 0.25) is 0 Å². The van der Waals surface area contributed by atoms with Crippen molar-refractivity contribution in [2.24, 2.45) is 5.10 Å². The van der Waals surface area contributed by atoms with Crippen molar-refractivity contribution in [3.8, 4) is 0 Å². The van der Waals surface area contributed by atoms with Gasteiger partial charge in [-0.2, -0.15) is 5.10 Å². The molecular weight excluding hydrogens is 501 g/mol. The number of nitro groups is 1. The Bertz CT molecular complexity index is 1130. The quantitative estimate of drug-likeness (QED) is 0.179. The molecule has 0 aliphatic heterocycles. The Hall–Kier alpha value is -2.18. The lowest BCUT2D eigenvalue weighted by atomic mass is 10.2. The Kier molecular flexibility index (Phi) is 8.67. The molecule has 160 valence electrons. The molecule has 8 nitrogen and oxygen atoms in total. The van der Waals surface area contributed by atoms with Crippen LogP contribution < -0.4 is 5.43 Å². The molecule has 1 amide bonds. The minimum atomic E-state index is -0.585. The van der Waals surface area contributed by atoms with Crippen LogP contribution in [0.2, 0.25) is 10.0 Å². The molecule has 0 aliphatic rings.